The number of hydrogen-bond donors (Lipinski definition) is 2. The minimum atomic E-state index is -0.495. The van der Waals surface area contributed by atoms with Gasteiger partial charge in [-0.2, -0.15) is 0 Å². The topological polar surface area (TPSA) is 84.7 Å². The molecular formula is C14H25N3O3. The molecule has 6 nitrogen and oxygen atoms in total. The van der Waals surface area contributed by atoms with Crippen LogP contribution in [0.3, 0.4) is 0 Å². The van der Waals surface area contributed by atoms with Crippen molar-refractivity contribution in [3.05, 3.63) is 0 Å². The third-order valence-electron chi connectivity index (χ3n) is 4.18. The highest BCUT2D eigenvalue weighted by Gasteiger charge is 2.33. The van der Waals surface area contributed by atoms with Gasteiger partial charge in [0.2, 0.25) is 11.8 Å². The molecule has 2 fully saturated rings. The van der Waals surface area contributed by atoms with E-state index in [0.717, 1.165) is 25.7 Å². The maximum absolute atomic E-state index is 12.2. The molecule has 1 aliphatic heterocycles. The highest BCUT2D eigenvalue weighted by molar-refractivity contribution is 5.87. The smallest absolute Gasteiger partial charge is 0.245 e. The number of ether oxygens (including phenoxy) is 1. The van der Waals surface area contributed by atoms with Gasteiger partial charge in [-0.3, -0.25) is 9.59 Å². The molecule has 1 saturated carbocycles. The van der Waals surface area contributed by atoms with E-state index in [4.69, 9.17) is 10.5 Å². The number of carbonyl (C=O) groups excluding carboxylic acids is 2. The summed E-state index contributed by atoms with van der Waals surface area (Å²) in [6, 6.07) is -0.495. The van der Waals surface area contributed by atoms with Crippen molar-refractivity contribution in [2.24, 2.45) is 5.73 Å². The van der Waals surface area contributed by atoms with Gasteiger partial charge in [0.25, 0.3) is 0 Å². The molecule has 2 rings (SSSR count). The van der Waals surface area contributed by atoms with Crippen LogP contribution in [0, 0.1) is 0 Å². The van der Waals surface area contributed by atoms with Gasteiger partial charge in [0.1, 0.15) is 6.04 Å². The van der Waals surface area contributed by atoms with E-state index in [1.54, 1.807) is 11.8 Å². The zero-order valence-electron chi connectivity index (χ0n) is 12.2. The fourth-order valence-electron chi connectivity index (χ4n) is 2.99. The Morgan fingerprint density at radius 1 is 1.30 bits per heavy atom. The van der Waals surface area contributed by atoms with Gasteiger partial charge in [-0.25, -0.2) is 0 Å². The van der Waals surface area contributed by atoms with Crippen molar-refractivity contribution in [2.75, 3.05) is 26.3 Å². The monoisotopic (exact) mass is 283 g/mol. The maximum Gasteiger partial charge on any atom is 0.245 e. The molecule has 1 atom stereocenters. The van der Waals surface area contributed by atoms with Crippen LogP contribution in [-0.2, 0) is 14.3 Å². The highest BCUT2D eigenvalue weighted by atomic mass is 16.5. The summed E-state index contributed by atoms with van der Waals surface area (Å²) in [6.45, 7) is 4.06. The minimum absolute atomic E-state index is 0.0425. The molecule has 2 aliphatic rings. The van der Waals surface area contributed by atoms with Gasteiger partial charge >= 0.3 is 0 Å². The zero-order chi connectivity index (χ0) is 14.6. The second kappa shape index (κ2) is 6.54. The number of morpholine rings is 1. The largest absolute Gasteiger partial charge is 0.378 e. The quantitative estimate of drug-likeness (QED) is 0.761. The SMILES string of the molecule is CC(NC(=O)CC1(N)CCCC1)C(=O)N1CCOCC1. The summed E-state index contributed by atoms with van der Waals surface area (Å²) in [5.74, 6) is -0.164. The fourth-order valence-corrected chi connectivity index (χ4v) is 2.99. The van der Waals surface area contributed by atoms with E-state index in [1.807, 2.05) is 0 Å². The molecule has 1 heterocycles. The first-order valence-corrected chi connectivity index (χ1v) is 7.45. The fraction of sp³-hybridized carbons (Fsp3) is 0.857. The van der Waals surface area contributed by atoms with E-state index in [1.165, 1.54) is 0 Å². The minimum Gasteiger partial charge on any atom is -0.378 e. The Labute approximate surface area is 120 Å². The Morgan fingerprint density at radius 3 is 2.50 bits per heavy atom. The first-order chi connectivity index (χ1) is 9.50. The predicted molar refractivity (Wildman–Crippen MR) is 75.0 cm³/mol. The average molecular weight is 283 g/mol. The Morgan fingerprint density at radius 2 is 1.90 bits per heavy atom. The first-order valence-electron chi connectivity index (χ1n) is 7.45. The van der Waals surface area contributed by atoms with E-state index < -0.39 is 6.04 Å². The summed E-state index contributed by atoms with van der Waals surface area (Å²) >= 11 is 0. The molecule has 1 unspecified atom stereocenters. The van der Waals surface area contributed by atoms with Gasteiger partial charge < -0.3 is 20.7 Å². The number of nitrogens with two attached hydrogens (primary N) is 1. The van der Waals surface area contributed by atoms with Crippen LogP contribution >= 0.6 is 0 Å². The van der Waals surface area contributed by atoms with Crippen molar-refractivity contribution in [1.82, 2.24) is 10.2 Å². The van der Waals surface area contributed by atoms with Crippen molar-refractivity contribution < 1.29 is 14.3 Å². The third kappa shape index (κ3) is 3.93. The third-order valence-corrected chi connectivity index (χ3v) is 4.18. The van der Waals surface area contributed by atoms with E-state index in [0.29, 0.717) is 32.7 Å². The molecule has 3 N–H and O–H groups in total. The standard InChI is InChI=1S/C14H25N3O3/c1-11(13(19)17-6-8-20-9-7-17)16-12(18)10-14(15)4-2-3-5-14/h11H,2-10,15H2,1H3,(H,16,18). The van der Waals surface area contributed by atoms with Crippen LogP contribution in [0.2, 0.25) is 0 Å². The van der Waals surface area contributed by atoms with Crippen LogP contribution in [-0.4, -0.2) is 54.6 Å². The van der Waals surface area contributed by atoms with Crippen molar-refractivity contribution in [3.8, 4) is 0 Å². The summed E-state index contributed by atoms with van der Waals surface area (Å²) < 4.78 is 5.21. The molecule has 0 bridgehead atoms. The number of nitrogens with zero attached hydrogens (tertiary/aromatic N) is 1. The molecule has 0 spiro atoms. The molecule has 0 aromatic heterocycles. The Kier molecular flexibility index (Phi) is 4.99. The van der Waals surface area contributed by atoms with Gasteiger partial charge in [0.05, 0.1) is 13.2 Å². The van der Waals surface area contributed by atoms with Crippen LogP contribution in [0.1, 0.15) is 39.0 Å². The molecule has 2 amide bonds. The summed E-state index contributed by atoms with van der Waals surface area (Å²) in [4.78, 5) is 25.9. The van der Waals surface area contributed by atoms with E-state index in [2.05, 4.69) is 5.32 Å². The lowest BCUT2D eigenvalue weighted by Gasteiger charge is -2.30. The van der Waals surface area contributed by atoms with Crippen LogP contribution in [0.25, 0.3) is 0 Å². The van der Waals surface area contributed by atoms with Crippen molar-refractivity contribution in [1.29, 1.82) is 0 Å². The average Bonchev–Trinajstić information content (AvgIpc) is 2.84. The van der Waals surface area contributed by atoms with Crippen molar-refractivity contribution >= 4 is 11.8 Å². The summed E-state index contributed by atoms with van der Waals surface area (Å²) in [5.41, 5.74) is 5.81. The number of hydrogen-bond acceptors (Lipinski definition) is 4. The molecule has 1 saturated heterocycles. The first kappa shape index (κ1) is 15.3. The molecular weight excluding hydrogens is 258 g/mol. The normalized spacial score (nSPS) is 23.4. The van der Waals surface area contributed by atoms with E-state index >= 15 is 0 Å². The summed E-state index contributed by atoms with van der Waals surface area (Å²) in [6.07, 6.45) is 4.28. The van der Waals surface area contributed by atoms with E-state index in [9.17, 15) is 9.59 Å². The van der Waals surface area contributed by atoms with Crippen molar-refractivity contribution in [2.45, 2.75) is 50.6 Å². The molecule has 1 aliphatic carbocycles. The van der Waals surface area contributed by atoms with Gasteiger partial charge in [0, 0.05) is 25.0 Å². The molecule has 6 heteroatoms. The van der Waals surface area contributed by atoms with Crippen LogP contribution in [0.15, 0.2) is 0 Å². The lowest BCUT2D eigenvalue weighted by atomic mass is 9.94. The number of nitrogens with one attached hydrogen (secondary N) is 1. The lowest BCUT2D eigenvalue weighted by molar-refractivity contribution is -0.139. The van der Waals surface area contributed by atoms with E-state index in [-0.39, 0.29) is 17.4 Å². The zero-order valence-corrected chi connectivity index (χ0v) is 12.2. The second-order valence-corrected chi connectivity index (χ2v) is 5.97. The van der Waals surface area contributed by atoms with Crippen LogP contribution < -0.4 is 11.1 Å². The van der Waals surface area contributed by atoms with Gasteiger partial charge in [-0.1, -0.05) is 12.8 Å². The summed E-state index contributed by atoms with van der Waals surface area (Å²) in [7, 11) is 0. The number of carbonyl (C=O) groups is 2. The summed E-state index contributed by atoms with van der Waals surface area (Å²) in [5, 5.41) is 2.78. The van der Waals surface area contributed by atoms with Gasteiger partial charge in [-0.05, 0) is 19.8 Å². The van der Waals surface area contributed by atoms with Crippen LogP contribution in [0.5, 0.6) is 0 Å². The number of rotatable bonds is 4. The second-order valence-electron chi connectivity index (χ2n) is 5.97. The highest BCUT2D eigenvalue weighted by Crippen LogP contribution is 2.29. The van der Waals surface area contributed by atoms with Crippen LogP contribution in [0.4, 0.5) is 0 Å². The molecule has 0 aromatic carbocycles. The molecule has 20 heavy (non-hydrogen) atoms. The lowest BCUT2D eigenvalue weighted by Crippen LogP contribution is -2.52. The Balaban J connectivity index is 1.79. The van der Waals surface area contributed by atoms with Gasteiger partial charge in [0.15, 0.2) is 0 Å². The Bertz CT molecular complexity index is 361. The number of amides is 2. The molecule has 114 valence electrons. The predicted octanol–water partition coefficient (Wildman–Crippen LogP) is 0.0115. The van der Waals surface area contributed by atoms with Gasteiger partial charge in [-0.15, -0.1) is 0 Å². The maximum atomic E-state index is 12.2. The van der Waals surface area contributed by atoms with Crippen molar-refractivity contribution in [3.63, 3.8) is 0 Å². The Hall–Kier alpha value is -1.14. The molecule has 0 radical (unpaired) electrons. The molecule has 0 aromatic rings.